The third-order valence-electron chi connectivity index (χ3n) is 3.56. The molecule has 0 spiro atoms. The van der Waals surface area contributed by atoms with Crippen LogP contribution in [0.5, 0.6) is 0 Å². The number of benzene rings is 1. The first-order valence-electron chi connectivity index (χ1n) is 6.04. The average Bonchev–Trinajstić information content (AvgIpc) is 3.12. The zero-order valence-electron chi connectivity index (χ0n) is 10.4. The van der Waals surface area contributed by atoms with E-state index in [1.165, 1.54) is 6.07 Å². The number of hydrogen-bond acceptors (Lipinski definition) is 3. The Balaban J connectivity index is 2.00. The zero-order chi connectivity index (χ0) is 13.2. The molecule has 0 radical (unpaired) electrons. The van der Waals surface area contributed by atoms with Crippen LogP contribution in [0, 0.1) is 17.0 Å². The van der Waals surface area contributed by atoms with E-state index in [-0.39, 0.29) is 16.8 Å². The maximum atomic E-state index is 13.6. The Bertz CT molecular complexity index is 433. The number of hydrogen-bond donors (Lipinski definition) is 2. The van der Waals surface area contributed by atoms with Crippen molar-refractivity contribution in [3.63, 3.8) is 0 Å². The van der Waals surface area contributed by atoms with E-state index in [2.05, 4.69) is 5.32 Å². The van der Waals surface area contributed by atoms with Crippen LogP contribution >= 0.6 is 0 Å². The van der Waals surface area contributed by atoms with E-state index < -0.39 is 11.6 Å². The van der Waals surface area contributed by atoms with Crippen LogP contribution in [0.15, 0.2) is 12.1 Å². The minimum Gasteiger partial charge on any atom is -0.397 e. The molecular formula is C13H18F2N2O. The number of nitrogen functional groups attached to an aromatic ring is 1. The molecule has 2 rings (SSSR count). The second-order valence-electron chi connectivity index (χ2n) is 4.92. The van der Waals surface area contributed by atoms with Crippen molar-refractivity contribution in [2.75, 3.05) is 31.3 Å². The van der Waals surface area contributed by atoms with E-state index in [1.807, 2.05) is 0 Å². The summed E-state index contributed by atoms with van der Waals surface area (Å²) in [4.78, 5) is 0. The minimum absolute atomic E-state index is 0.0682. The Morgan fingerprint density at radius 3 is 2.72 bits per heavy atom. The molecule has 1 fully saturated rings. The molecule has 1 aromatic rings. The summed E-state index contributed by atoms with van der Waals surface area (Å²) in [5, 5.41) is 2.94. The lowest BCUT2D eigenvalue weighted by Crippen LogP contribution is -2.19. The Morgan fingerprint density at radius 2 is 2.11 bits per heavy atom. The lowest BCUT2D eigenvalue weighted by Gasteiger charge is -2.18. The highest BCUT2D eigenvalue weighted by atomic mass is 19.2. The topological polar surface area (TPSA) is 47.3 Å². The maximum absolute atomic E-state index is 13.6. The number of ether oxygens (including phenoxy) is 1. The van der Waals surface area contributed by atoms with Crippen LogP contribution in [0.2, 0.25) is 0 Å². The van der Waals surface area contributed by atoms with E-state index >= 15 is 0 Å². The maximum Gasteiger partial charge on any atom is 0.183 e. The van der Waals surface area contributed by atoms with Crippen molar-refractivity contribution < 1.29 is 13.5 Å². The summed E-state index contributed by atoms with van der Waals surface area (Å²) >= 11 is 0. The van der Waals surface area contributed by atoms with Crippen LogP contribution in [-0.2, 0) is 4.74 Å². The van der Waals surface area contributed by atoms with Crippen molar-refractivity contribution in [1.29, 1.82) is 0 Å². The summed E-state index contributed by atoms with van der Waals surface area (Å²) in [7, 11) is 1.66. The molecule has 1 saturated carbocycles. The molecule has 3 N–H and O–H groups in total. The van der Waals surface area contributed by atoms with Gasteiger partial charge in [-0.1, -0.05) is 0 Å². The minimum atomic E-state index is -0.905. The van der Waals surface area contributed by atoms with Gasteiger partial charge in [0, 0.05) is 20.3 Å². The van der Waals surface area contributed by atoms with Gasteiger partial charge < -0.3 is 15.8 Å². The third kappa shape index (κ3) is 2.72. The molecule has 1 aromatic carbocycles. The Kier molecular flexibility index (Phi) is 3.71. The van der Waals surface area contributed by atoms with Crippen molar-refractivity contribution in [1.82, 2.24) is 0 Å². The highest BCUT2D eigenvalue weighted by Gasteiger charge is 2.41. The number of halogens is 2. The van der Waals surface area contributed by atoms with Gasteiger partial charge in [-0.15, -0.1) is 0 Å². The smallest absolute Gasteiger partial charge is 0.183 e. The SMILES string of the molecule is COCCC1(CNc2c(N)ccc(F)c2F)CC1. The molecule has 100 valence electrons. The molecule has 0 unspecified atom stereocenters. The Morgan fingerprint density at radius 1 is 1.39 bits per heavy atom. The molecule has 18 heavy (non-hydrogen) atoms. The van der Waals surface area contributed by atoms with Crippen molar-refractivity contribution in [2.45, 2.75) is 19.3 Å². The van der Waals surface area contributed by atoms with Crippen LogP contribution in [-0.4, -0.2) is 20.3 Å². The molecule has 3 nitrogen and oxygen atoms in total. The van der Waals surface area contributed by atoms with Gasteiger partial charge in [0.25, 0.3) is 0 Å². The van der Waals surface area contributed by atoms with Gasteiger partial charge in [0.2, 0.25) is 0 Å². The predicted molar refractivity (Wildman–Crippen MR) is 67.4 cm³/mol. The average molecular weight is 256 g/mol. The standard InChI is InChI=1S/C13H18F2N2O/c1-18-7-6-13(4-5-13)8-17-12-10(16)3-2-9(14)11(12)15/h2-3,17H,4-8,16H2,1H3. The van der Waals surface area contributed by atoms with Gasteiger partial charge in [-0.3, -0.25) is 0 Å². The van der Waals surface area contributed by atoms with Crippen LogP contribution < -0.4 is 11.1 Å². The molecule has 0 atom stereocenters. The van der Waals surface area contributed by atoms with Gasteiger partial charge in [-0.25, -0.2) is 8.78 Å². The Labute approximate surface area is 105 Å². The lowest BCUT2D eigenvalue weighted by molar-refractivity contribution is 0.175. The summed E-state index contributed by atoms with van der Waals surface area (Å²) in [6, 6.07) is 2.41. The molecule has 1 aliphatic rings. The third-order valence-corrected chi connectivity index (χ3v) is 3.56. The van der Waals surface area contributed by atoms with Gasteiger partial charge in [0.15, 0.2) is 11.6 Å². The summed E-state index contributed by atoms with van der Waals surface area (Å²) in [5.74, 6) is -1.79. The number of anilines is 2. The first-order chi connectivity index (χ1) is 8.58. The quantitative estimate of drug-likeness (QED) is 0.769. The number of rotatable bonds is 6. The largest absolute Gasteiger partial charge is 0.397 e. The molecule has 0 aliphatic heterocycles. The Hall–Kier alpha value is -1.36. The van der Waals surface area contributed by atoms with Gasteiger partial charge in [0.1, 0.15) is 0 Å². The van der Waals surface area contributed by atoms with Crippen LogP contribution in [0.1, 0.15) is 19.3 Å². The molecule has 0 aromatic heterocycles. The first kappa shape index (κ1) is 13.1. The normalized spacial score (nSPS) is 16.6. The fourth-order valence-corrected chi connectivity index (χ4v) is 2.03. The van der Waals surface area contributed by atoms with E-state index in [1.54, 1.807) is 7.11 Å². The molecule has 5 heteroatoms. The van der Waals surface area contributed by atoms with E-state index in [9.17, 15) is 8.78 Å². The molecular weight excluding hydrogens is 238 g/mol. The fraction of sp³-hybridized carbons (Fsp3) is 0.538. The number of nitrogens with two attached hydrogens (primary N) is 1. The first-order valence-corrected chi connectivity index (χ1v) is 6.04. The molecule has 1 aliphatic carbocycles. The van der Waals surface area contributed by atoms with Crippen molar-refractivity contribution in [3.8, 4) is 0 Å². The van der Waals surface area contributed by atoms with Gasteiger partial charge >= 0.3 is 0 Å². The highest BCUT2D eigenvalue weighted by Crippen LogP contribution is 2.49. The predicted octanol–water partition coefficient (Wildman–Crippen LogP) is 2.78. The molecule has 0 heterocycles. The summed E-state index contributed by atoms with van der Waals surface area (Å²) in [6.45, 7) is 1.28. The van der Waals surface area contributed by atoms with Gasteiger partial charge in [-0.2, -0.15) is 0 Å². The summed E-state index contributed by atoms with van der Waals surface area (Å²) in [6.07, 6.45) is 3.09. The second kappa shape index (κ2) is 5.10. The molecule has 0 saturated heterocycles. The fourth-order valence-electron chi connectivity index (χ4n) is 2.03. The van der Waals surface area contributed by atoms with E-state index in [0.717, 1.165) is 25.3 Å². The van der Waals surface area contributed by atoms with Crippen molar-refractivity contribution in [3.05, 3.63) is 23.8 Å². The van der Waals surface area contributed by atoms with Gasteiger partial charge in [0.05, 0.1) is 11.4 Å². The van der Waals surface area contributed by atoms with E-state index in [0.29, 0.717) is 13.2 Å². The summed E-state index contributed by atoms with van der Waals surface area (Å²) < 4.78 is 31.7. The van der Waals surface area contributed by atoms with Gasteiger partial charge in [-0.05, 0) is 36.8 Å². The summed E-state index contributed by atoms with van der Waals surface area (Å²) in [5.41, 5.74) is 6.10. The number of nitrogens with one attached hydrogen (secondary N) is 1. The van der Waals surface area contributed by atoms with E-state index in [4.69, 9.17) is 10.5 Å². The van der Waals surface area contributed by atoms with Crippen LogP contribution in [0.4, 0.5) is 20.2 Å². The molecule has 0 amide bonds. The van der Waals surface area contributed by atoms with Crippen molar-refractivity contribution >= 4 is 11.4 Å². The van der Waals surface area contributed by atoms with Crippen LogP contribution in [0.3, 0.4) is 0 Å². The molecule has 0 bridgehead atoms. The lowest BCUT2D eigenvalue weighted by atomic mass is 10.0. The highest BCUT2D eigenvalue weighted by molar-refractivity contribution is 5.66. The zero-order valence-corrected chi connectivity index (χ0v) is 10.4. The second-order valence-corrected chi connectivity index (χ2v) is 4.92. The monoisotopic (exact) mass is 256 g/mol. The number of methoxy groups -OCH3 is 1. The van der Waals surface area contributed by atoms with Crippen molar-refractivity contribution in [2.24, 2.45) is 5.41 Å². The van der Waals surface area contributed by atoms with Crippen LogP contribution in [0.25, 0.3) is 0 Å².